The number of nitrogens with zero attached hydrogens (tertiary/aromatic N) is 2. The number of urea groups is 1. The number of hydrogen-bond donors (Lipinski definition) is 1. The van der Waals surface area contributed by atoms with Crippen molar-refractivity contribution in [3.8, 4) is 0 Å². The maximum absolute atomic E-state index is 11.7. The van der Waals surface area contributed by atoms with Gasteiger partial charge in [0.1, 0.15) is 0 Å². The van der Waals surface area contributed by atoms with E-state index in [0.717, 1.165) is 4.90 Å². The number of amides is 3. The molecule has 0 spiro atoms. The molecule has 19 heavy (non-hydrogen) atoms. The zero-order chi connectivity index (χ0) is 14.0. The average Bonchev–Trinajstić information content (AvgIpc) is 2.69. The summed E-state index contributed by atoms with van der Waals surface area (Å²) in [4.78, 5) is 26.4. The van der Waals surface area contributed by atoms with E-state index >= 15 is 0 Å². The van der Waals surface area contributed by atoms with Crippen LogP contribution in [-0.4, -0.2) is 67.5 Å². The number of rotatable bonds is 4. The summed E-state index contributed by atoms with van der Waals surface area (Å²) in [5.74, 6) is 0.0989. The van der Waals surface area contributed by atoms with Crippen LogP contribution in [0.15, 0.2) is 0 Å². The van der Waals surface area contributed by atoms with Crippen LogP contribution in [0.5, 0.6) is 0 Å². The van der Waals surface area contributed by atoms with Gasteiger partial charge in [-0.1, -0.05) is 6.92 Å². The lowest BCUT2D eigenvalue weighted by Gasteiger charge is -2.33. The number of nitrogens with one attached hydrogen (secondary N) is 1. The Morgan fingerprint density at radius 3 is 2.68 bits per heavy atom. The second kappa shape index (κ2) is 5.46. The molecule has 0 unspecified atom stereocenters. The highest BCUT2D eigenvalue weighted by Gasteiger charge is 2.34. The zero-order valence-corrected chi connectivity index (χ0v) is 11.8. The summed E-state index contributed by atoms with van der Waals surface area (Å²) in [6.45, 7) is 3.05. The fraction of sp³-hybridized carbons (Fsp3) is 0.818. The van der Waals surface area contributed by atoms with Gasteiger partial charge in [-0.25, -0.2) is 13.2 Å². The Morgan fingerprint density at radius 2 is 2.16 bits per heavy atom. The SMILES string of the molecule is CCN(CN1C(=O)CCNC1=O)[C@@H]1CCS(=O)(=O)C1. The summed E-state index contributed by atoms with van der Waals surface area (Å²) in [7, 11) is -2.96. The molecule has 0 saturated carbocycles. The van der Waals surface area contributed by atoms with Crippen molar-refractivity contribution in [3.05, 3.63) is 0 Å². The summed E-state index contributed by atoms with van der Waals surface area (Å²) in [6.07, 6.45) is 0.867. The second-order valence-electron chi connectivity index (χ2n) is 4.91. The summed E-state index contributed by atoms with van der Waals surface area (Å²) < 4.78 is 23.0. The average molecular weight is 289 g/mol. The highest BCUT2D eigenvalue weighted by molar-refractivity contribution is 7.91. The first-order valence-electron chi connectivity index (χ1n) is 6.45. The minimum atomic E-state index is -2.96. The van der Waals surface area contributed by atoms with Crippen LogP contribution in [0, 0.1) is 0 Å². The molecule has 0 radical (unpaired) electrons. The molecule has 2 aliphatic heterocycles. The number of carbonyl (C=O) groups is 2. The van der Waals surface area contributed by atoms with E-state index in [2.05, 4.69) is 5.32 Å². The van der Waals surface area contributed by atoms with E-state index in [4.69, 9.17) is 0 Å². The van der Waals surface area contributed by atoms with E-state index < -0.39 is 15.9 Å². The van der Waals surface area contributed by atoms with Crippen molar-refractivity contribution in [2.45, 2.75) is 25.8 Å². The van der Waals surface area contributed by atoms with Crippen LogP contribution in [0.3, 0.4) is 0 Å². The van der Waals surface area contributed by atoms with Crippen molar-refractivity contribution < 1.29 is 18.0 Å². The van der Waals surface area contributed by atoms with Crippen molar-refractivity contribution in [2.75, 3.05) is 31.3 Å². The first kappa shape index (κ1) is 14.3. The molecule has 1 N–H and O–H groups in total. The molecule has 2 saturated heterocycles. The van der Waals surface area contributed by atoms with Crippen LogP contribution in [0.25, 0.3) is 0 Å². The molecule has 2 aliphatic rings. The van der Waals surface area contributed by atoms with E-state index in [-0.39, 0.29) is 30.1 Å². The van der Waals surface area contributed by atoms with Crippen LogP contribution in [0.1, 0.15) is 19.8 Å². The second-order valence-corrected chi connectivity index (χ2v) is 7.14. The Bertz CT molecular complexity index is 460. The largest absolute Gasteiger partial charge is 0.337 e. The van der Waals surface area contributed by atoms with Gasteiger partial charge in [-0.3, -0.25) is 14.6 Å². The summed E-state index contributed by atoms with van der Waals surface area (Å²) in [6, 6.07) is -0.493. The minimum Gasteiger partial charge on any atom is -0.337 e. The van der Waals surface area contributed by atoms with Gasteiger partial charge in [-0.05, 0) is 13.0 Å². The van der Waals surface area contributed by atoms with Crippen molar-refractivity contribution >= 4 is 21.8 Å². The lowest BCUT2D eigenvalue weighted by atomic mass is 10.2. The molecule has 8 heteroatoms. The van der Waals surface area contributed by atoms with Gasteiger partial charge in [0.25, 0.3) is 0 Å². The minimum absolute atomic E-state index is 0.0995. The molecule has 0 aromatic rings. The Labute approximate surface area is 112 Å². The zero-order valence-electron chi connectivity index (χ0n) is 11.0. The summed E-state index contributed by atoms with van der Waals surface area (Å²) in [5, 5.41) is 2.62. The van der Waals surface area contributed by atoms with Gasteiger partial charge in [0.15, 0.2) is 9.84 Å². The summed E-state index contributed by atoms with van der Waals surface area (Å²) in [5.41, 5.74) is 0. The molecule has 0 aromatic carbocycles. The Kier molecular flexibility index (Phi) is 4.10. The van der Waals surface area contributed by atoms with Gasteiger partial charge in [0.2, 0.25) is 5.91 Å². The maximum atomic E-state index is 11.7. The van der Waals surface area contributed by atoms with Gasteiger partial charge in [-0.15, -0.1) is 0 Å². The smallest absolute Gasteiger partial charge is 0.325 e. The predicted molar refractivity (Wildman–Crippen MR) is 69.2 cm³/mol. The monoisotopic (exact) mass is 289 g/mol. The summed E-state index contributed by atoms with van der Waals surface area (Å²) >= 11 is 0. The van der Waals surface area contributed by atoms with Crippen LogP contribution in [-0.2, 0) is 14.6 Å². The lowest BCUT2D eigenvalue weighted by Crippen LogP contribution is -2.55. The third-order valence-electron chi connectivity index (χ3n) is 3.62. The predicted octanol–water partition coefficient (Wildman–Crippen LogP) is -0.605. The highest BCUT2D eigenvalue weighted by atomic mass is 32.2. The maximum Gasteiger partial charge on any atom is 0.325 e. The van der Waals surface area contributed by atoms with Crippen LogP contribution < -0.4 is 5.32 Å². The highest BCUT2D eigenvalue weighted by Crippen LogP contribution is 2.18. The van der Waals surface area contributed by atoms with E-state index in [9.17, 15) is 18.0 Å². The van der Waals surface area contributed by atoms with Crippen molar-refractivity contribution in [1.82, 2.24) is 15.1 Å². The molecule has 0 aliphatic carbocycles. The molecule has 0 bridgehead atoms. The van der Waals surface area contributed by atoms with E-state index in [0.29, 0.717) is 25.9 Å². The van der Waals surface area contributed by atoms with Gasteiger partial charge >= 0.3 is 6.03 Å². The van der Waals surface area contributed by atoms with E-state index in [1.165, 1.54) is 0 Å². The Hall–Kier alpha value is -1.15. The number of sulfone groups is 1. The molecule has 2 rings (SSSR count). The molecule has 2 heterocycles. The number of carbonyl (C=O) groups excluding carboxylic acids is 2. The van der Waals surface area contributed by atoms with Gasteiger partial charge in [0.05, 0.1) is 18.2 Å². The first-order chi connectivity index (χ1) is 8.93. The number of imide groups is 1. The lowest BCUT2D eigenvalue weighted by molar-refractivity contribution is -0.131. The molecular weight excluding hydrogens is 270 g/mol. The van der Waals surface area contributed by atoms with Crippen LogP contribution >= 0.6 is 0 Å². The standard InChI is InChI=1S/C11H19N3O4S/c1-2-13(9-4-6-19(17,18)7-9)8-14-10(15)3-5-12-11(14)16/h9H,2-8H2,1H3,(H,12,16)/t9-/m1/s1. The van der Waals surface area contributed by atoms with Crippen LogP contribution in [0.2, 0.25) is 0 Å². The quantitative estimate of drug-likeness (QED) is 0.746. The molecule has 2 fully saturated rings. The third-order valence-corrected chi connectivity index (χ3v) is 5.37. The van der Waals surface area contributed by atoms with Crippen LogP contribution in [0.4, 0.5) is 4.79 Å². The Morgan fingerprint density at radius 1 is 1.42 bits per heavy atom. The Balaban J connectivity index is 2.03. The fourth-order valence-corrected chi connectivity index (χ4v) is 4.24. The topological polar surface area (TPSA) is 86.8 Å². The molecule has 108 valence electrons. The molecule has 0 aromatic heterocycles. The normalized spacial score (nSPS) is 26.8. The molecular formula is C11H19N3O4S. The van der Waals surface area contributed by atoms with Gasteiger partial charge in [-0.2, -0.15) is 0 Å². The van der Waals surface area contributed by atoms with Crippen molar-refractivity contribution in [2.24, 2.45) is 0 Å². The third kappa shape index (κ3) is 3.24. The fourth-order valence-electron chi connectivity index (χ4n) is 2.48. The van der Waals surface area contributed by atoms with Crippen molar-refractivity contribution in [1.29, 1.82) is 0 Å². The van der Waals surface area contributed by atoms with Gasteiger partial charge < -0.3 is 5.32 Å². The van der Waals surface area contributed by atoms with Crippen molar-refractivity contribution in [3.63, 3.8) is 0 Å². The van der Waals surface area contributed by atoms with E-state index in [1.807, 2.05) is 11.8 Å². The van der Waals surface area contributed by atoms with Gasteiger partial charge in [0, 0.05) is 19.0 Å². The molecule has 7 nitrogen and oxygen atoms in total. The number of hydrogen-bond acceptors (Lipinski definition) is 5. The van der Waals surface area contributed by atoms with E-state index in [1.54, 1.807) is 0 Å². The first-order valence-corrected chi connectivity index (χ1v) is 8.28. The molecule has 3 amide bonds. The molecule has 1 atom stereocenters.